The van der Waals surface area contributed by atoms with Crippen LogP contribution in [-0.2, 0) is 14.3 Å². The van der Waals surface area contributed by atoms with Gasteiger partial charge in [-0.25, -0.2) is 4.79 Å². The minimum absolute atomic E-state index is 0.0493. The number of aliphatic hydroxyl groups is 1. The first-order valence-corrected chi connectivity index (χ1v) is 4.09. The Hall–Kier alpha value is -1.31. The fourth-order valence-electron chi connectivity index (χ4n) is 0.597. The van der Waals surface area contributed by atoms with E-state index < -0.39 is 12.1 Å². The van der Waals surface area contributed by atoms with Gasteiger partial charge in [-0.1, -0.05) is 12.5 Å². The van der Waals surface area contributed by atoms with Crippen LogP contribution in [0.1, 0.15) is 6.92 Å². The summed E-state index contributed by atoms with van der Waals surface area (Å²) >= 11 is 0. The molecule has 0 aliphatic rings. The zero-order chi connectivity index (χ0) is 11.0. The molecule has 0 aliphatic carbocycles. The molecular weight excluding hydrogens is 184 g/mol. The summed E-state index contributed by atoms with van der Waals surface area (Å²) in [6.07, 6.45) is 4.07. The first-order chi connectivity index (χ1) is 6.57. The number of carbonyl (C=O) groups excluding carboxylic acids is 1. The van der Waals surface area contributed by atoms with Crippen LogP contribution in [0.15, 0.2) is 12.2 Å². The van der Waals surface area contributed by atoms with Gasteiger partial charge in [0.15, 0.2) is 0 Å². The molecule has 1 N–H and O–H groups in total. The molecule has 0 rings (SSSR count). The predicted octanol–water partition coefficient (Wildman–Crippen LogP) is 0.116. The molecule has 0 saturated carbocycles. The van der Waals surface area contributed by atoms with Gasteiger partial charge in [-0.3, -0.25) is 0 Å². The highest BCUT2D eigenvalue weighted by atomic mass is 16.5. The average Bonchev–Trinajstić information content (AvgIpc) is 2.14. The SMILES string of the molecule is C#CCOCC(O)COC(=O)C(=C)C. The fraction of sp³-hybridized carbons (Fsp3) is 0.500. The van der Waals surface area contributed by atoms with Crippen LogP contribution in [0, 0.1) is 12.3 Å². The molecule has 0 aromatic rings. The molecule has 1 unspecified atom stereocenters. The molecule has 14 heavy (non-hydrogen) atoms. The first kappa shape index (κ1) is 12.7. The van der Waals surface area contributed by atoms with Crippen LogP contribution < -0.4 is 0 Å². The van der Waals surface area contributed by atoms with Gasteiger partial charge in [0.2, 0.25) is 0 Å². The van der Waals surface area contributed by atoms with Crippen LogP contribution in [0.4, 0.5) is 0 Å². The number of esters is 1. The molecule has 0 bridgehead atoms. The van der Waals surface area contributed by atoms with E-state index in [0.717, 1.165) is 0 Å². The van der Waals surface area contributed by atoms with E-state index >= 15 is 0 Å². The van der Waals surface area contributed by atoms with E-state index in [1.807, 2.05) is 0 Å². The summed E-state index contributed by atoms with van der Waals surface area (Å²) in [5.41, 5.74) is 0.293. The Kier molecular flexibility index (Phi) is 6.46. The quantitative estimate of drug-likeness (QED) is 0.285. The van der Waals surface area contributed by atoms with Gasteiger partial charge in [-0.15, -0.1) is 6.42 Å². The zero-order valence-electron chi connectivity index (χ0n) is 8.16. The number of aliphatic hydroxyl groups excluding tert-OH is 1. The highest BCUT2D eigenvalue weighted by Crippen LogP contribution is 1.94. The first-order valence-electron chi connectivity index (χ1n) is 4.09. The second kappa shape index (κ2) is 7.13. The standard InChI is InChI=1S/C10H14O4/c1-4-5-13-6-9(11)7-14-10(12)8(2)3/h1,9,11H,2,5-7H2,3H3. The topological polar surface area (TPSA) is 55.8 Å². The Labute approximate surface area is 83.5 Å². The minimum Gasteiger partial charge on any atom is -0.460 e. The van der Waals surface area contributed by atoms with E-state index in [0.29, 0.717) is 5.57 Å². The lowest BCUT2D eigenvalue weighted by Gasteiger charge is -2.10. The number of ether oxygens (including phenoxy) is 2. The van der Waals surface area contributed by atoms with Crippen molar-refractivity contribution in [3.63, 3.8) is 0 Å². The van der Waals surface area contributed by atoms with Crippen molar-refractivity contribution >= 4 is 5.97 Å². The molecule has 0 radical (unpaired) electrons. The third kappa shape index (κ3) is 6.23. The lowest BCUT2D eigenvalue weighted by atomic mass is 10.3. The number of carbonyl (C=O) groups is 1. The molecule has 0 aromatic heterocycles. The van der Waals surface area contributed by atoms with Gasteiger partial charge in [0.25, 0.3) is 0 Å². The van der Waals surface area contributed by atoms with Gasteiger partial charge < -0.3 is 14.6 Å². The third-order valence-corrected chi connectivity index (χ3v) is 1.25. The number of rotatable bonds is 6. The lowest BCUT2D eigenvalue weighted by molar-refractivity contribution is -0.142. The van der Waals surface area contributed by atoms with E-state index in [2.05, 4.69) is 17.2 Å². The fourth-order valence-corrected chi connectivity index (χ4v) is 0.597. The Morgan fingerprint density at radius 2 is 2.29 bits per heavy atom. The van der Waals surface area contributed by atoms with Gasteiger partial charge in [-0.05, 0) is 6.92 Å². The van der Waals surface area contributed by atoms with Gasteiger partial charge in [-0.2, -0.15) is 0 Å². The van der Waals surface area contributed by atoms with E-state index in [1.165, 1.54) is 6.92 Å². The van der Waals surface area contributed by atoms with Crippen molar-refractivity contribution in [2.24, 2.45) is 0 Å². The maximum atomic E-state index is 10.9. The van der Waals surface area contributed by atoms with Gasteiger partial charge >= 0.3 is 5.97 Å². The van der Waals surface area contributed by atoms with Crippen molar-refractivity contribution in [1.82, 2.24) is 0 Å². The Balaban J connectivity index is 3.54. The maximum absolute atomic E-state index is 10.9. The summed E-state index contributed by atoms with van der Waals surface area (Å²) in [6.45, 7) is 4.99. The zero-order valence-corrected chi connectivity index (χ0v) is 8.16. The highest BCUT2D eigenvalue weighted by Gasteiger charge is 2.08. The molecule has 4 nitrogen and oxygen atoms in total. The molecule has 78 valence electrons. The molecule has 0 amide bonds. The molecule has 1 atom stereocenters. The Morgan fingerprint density at radius 1 is 1.64 bits per heavy atom. The van der Waals surface area contributed by atoms with Crippen molar-refractivity contribution in [2.45, 2.75) is 13.0 Å². The van der Waals surface area contributed by atoms with Crippen LogP contribution in [0.2, 0.25) is 0 Å². The van der Waals surface area contributed by atoms with Crippen molar-refractivity contribution in [1.29, 1.82) is 0 Å². The largest absolute Gasteiger partial charge is 0.460 e. The minimum atomic E-state index is -0.855. The second-order valence-corrected chi connectivity index (χ2v) is 2.75. The van der Waals surface area contributed by atoms with Crippen molar-refractivity contribution in [3.05, 3.63) is 12.2 Å². The molecule has 0 fully saturated rings. The van der Waals surface area contributed by atoms with E-state index in [1.54, 1.807) is 0 Å². The summed E-state index contributed by atoms with van der Waals surface area (Å²) in [7, 11) is 0. The van der Waals surface area contributed by atoms with Crippen LogP contribution >= 0.6 is 0 Å². The molecule has 0 saturated heterocycles. The van der Waals surface area contributed by atoms with Crippen LogP contribution in [0.25, 0.3) is 0 Å². The molecule has 0 aromatic carbocycles. The molecular formula is C10H14O4. The number of terminal acetylenes is 1. The van der Waals surface area contributed by atoms with E-state index in [9.17, 15) is 9.90 Å². The average molecular weight is 198 g/mol. The van der Waals surface area contributed by atoms with Crippen molar-refractivity contribution in [2.75, 3.05) is 19.8 Å². The third-order valence-electron chi connectivity index (χ3n) is 1.25. The maximum Gasteiger partial charge on any atom is 0.333 e. The van der Waals surface area contributed by atoms with Gasteiger partial charge in [0.05, 0.1) is 6.61 Å². The molecule has 0 aliphatic heterocycles. The van der Waals surface area contributed by atoms with Gasteiger partial charge in [0.1, 0.15) is 19.3 Å². The Morgan fingerprint density at radius 3 is 2.79 bits per heavy atom. The molecule has 4 heteroatoms. The van der Waals surface area contributed by atoms with E-state index in [4.69, 9.17) is 11.2 Å². The molecule has 0 heterocycles. The smallest absolute Gasteiger partial charge is 0.333 e. The monoisotopic (exact) mass is 198 g/mol. The van der Waals surface area contributed by atoms with Crippen LogP contribution in [0.5, 0.6) is 0 Å². The summed E-state index contributed by atoms with van der Waals surface area (Å²) in [5, 5.41) is 9.21. The van der Waals surface area contributed by atoms with Crippen LogP contribution in [0.3, 0.4) is 0 Å². The van der Waals surface area contributed by atoms with E-state index in [-0.39, 0.29) is 19.8 Å². The van der Waals surface area contributed by atoms with Crippen molar-refractivity contribution in [3.8, 4) is 12.3 Å². The summed E-state index contributed by atoms with van der Waals surface area (Å²) in [5.74, 6) is 1.72. The summed E-state index contributed by atoms with van der Waals surface area (Å²) < 4.78 is 9.51. The Bertz CT molecular complexity index is 239. The summed E-state index contributed by atoms with van der Waals surface area (Å²) in [6, 6.07) is 0. The highest BCUT2D eigenvalue weighted by molar-refractivity contribution is 5.86. The number of hydrogen-bond donors (Lipinski definition) is 1. The van der Waals surface area contributed by atoms with Crippen molar-refractivity contribution < 1.29 is 19.4 Å². The molecule has 0 spiro atoms. The summed E-state index contributed by atoms with van der Waals surface area (Å²) in [4.78, 5) is 10.9. The lowest BCUT2D eigenvalue weighted by Crippen LogP contribution is -2.24. The van der Waals surface area contributed by atoms with Gasteiger partial charge in [0, 0.05) is 5.57 Å². The predicted molar refractivity (Wildman–Crippen MR) is 51.4 cm³/mol. The normalized spacial score (nSPS) is 11.5. The van der Waals surface area contributed by atoms with Crippen LogP contribution in [-0.4, -0.2) is 37.0 Å². The second-order valence-electron chi connectivity index (χ2n) is 2.75. The number of hydrogen-bond acceptors (Lipinski definition) is 4.